The van der Waals surface area contributed by atoms with Crippen LogP contribution in [0.3, 0.4) is 0 Å². The van der Waals surface area contributed by atoms with Gasteiger partial charge in [0.1, 0.15) is 23.4 Å². The van der Waals surface area contributed by atoms with Gasteiger partial charge in [-0.3, -0.25) is 4.79 Å². The molecule has 206 valence electrons. The summed E-state index contributed by atoms with van der Waals surface area (Å²) in [5.41, 5.74) is 8.01. The zero-order valence-electron chi connectivity index (χ0n) is 21.8. The van der Waals surface area contributed by atoms with Crippen LogP contribution in [0.15, 0.2) is 47.9 Å². The third kappa shape index (κ3) is 6.16. The summed E-state index contributed by atoms with van der Waals surface area (Å²) in [5.74, 6) is 6.80. The van der Waals surface area contributed by atoms with Gasteiger partial charge >= 0.3 is 0 Å². The molecule has 0 bridgehead atoms. The summed E-state index contributed by atoms with van der Waals surface area (Å²) in [5, 5.41) is 11.0. The number of amides is 1. The van der Waals surface area contributed by atoms with Gasteiger partial charge in [-0.1, -0.05) is 24.6 Å². The number of nitrogens with zero attached hydrogens (tertiary/aromatic N) is 3. The molecule has 39 heavy (non-hydrogen) atoms. The smallest absolute Gasteiger partial charge is 0.236 e. The lowest BCUT2D eigenvalue weighted by Crippen LogP contribution is -2.51. The number of likely N-dealkylation sites (tertiary alicyclic amines) is 1. The van der Waals surface area contributed by atoms with Crippen molar-refractivity contribution in [3.63, 3.8) is 0 Å². The first kappa shape index (κ1) is 27.9. The highest BCUT2D eigenvalue weighted by Gasteiger charge is 2.31. The number of anilines is 2. The number of fused-ring (bicyclic) bond motifs is 1. The van der Waals surface area contributed by atoms with Crippen molar-refractivity contribution in [3.05, 3.63) is 54.2 Å². The molecule has 1 saturated heterocycles. The van der Waals surface area contributed by atoms with Crippen LogP contribution in [0.1, 0.15) is 17.7 Å². The van der Waals surface area contributed by atoms with Crippen molar-refractivity contribution >= 4 is 38.8 Å². The molecule has 1 aromatic carbocycles. The second kappa shape index (κ2) is 11.8. The van der Waals surface area contributed by atoms with E-state index in [2.05, 4.69) is 34.2 Å². The van der Waals surface area contributed by atoms with Crippen LogP contribution in [-0.4, -0.2) is 80.6 Å². The first-order valence-corrected chi connectivity index (χ1v) is 14.2. The van der Waals surface area contributed by atoms with Gasteiger partial charge in [-0.2, -0.15) is 5.10 Å². The SMILES string of the molecule is C=Cc1c(C#CCNc2ccc(S(C)(=O)=O)cc2OC)nn2c(N[C@@H]3CCN(C(=O)CN)C[C@@H]3F)cccc12. The number of pyridine rings is 1. The van der Waals surface area contributed by atoms with E-state index in [-0.39, 0.29) is 30.4 Å². The van der Waals surface area contributed by atoms with Gasteiger partial charge < -0.3 is 26.0 Å². The Kier molecular flexibility index (Phi) is 8.42. The molecule has 0 spiro atoms. The molecule has 4 rings (SSSR count). The maximum absolute atomic E-state index is 14.9. The van der Waals surface area contributed by atoms with Gasteiger partial charge in [0, 0.05) is 24.4 Å². The number of aromatic nitrogens is 2. The van der Waals surface area contributed by atoms with E-state index < -0.39 is 22.1 Å². The number of nitrogens with one attached hydrogen (secondary N) is 2. The second-order valence-corrected chi connectivity index (χ2v) is 11.1. The summed E-state index contributed by atoms with van der Waals surface area (Å²) < 4.78 is 45.5. The molecule has 1 aliphatic rings. The number of rotatable bonds is 8. The molecule has 0 aliphatic carbocycles. The van der Waals surface area contributed by atoms with E-state index in [0.717, 1.165) is 17.3 Å². The molecule has 4 N–H and O–H groups in total. The summed E-state index contributed by atoms with van der Waals surface area (Å²) >= 11 is 0. The molecule has 0 radical (unpaired) electrons. The average molecular weight is 555 g/mol. The number of benzene rings is 1. The van der Waals surface area contributed by atoms with Crippen LogP contribution in [0.4, 0.5) is 15.9 Å². The summed E-state index contributed by atoms with van der Waals surface area (Å²) in [6.45, 7) is 4.42. The van der Waals surface area contributed by atoms with Gasteiger partial charge in [0.25, 0.3) is 0 Å². The molecule has 12 heteroatoms. The van der Waals surface area contributed by atoms with Crippen LogP contribution in [0.5, 0.6) is 5.75 Å². The monoisotopic (exact) mass is 554 g/mol. The third-order valence-electron chi connectivity index (χ3n) is 6.48. The minimum absolute atomic E-state index is 0.00775. The highest BCUT2D eigenvalue weighted by atomic mass is 32.2. The van der Waals surface area contributed by atoms with E-state index in [4.69, 9.17) is 10.5 Å². The predicted molar refractivity (Wildman–Crippen MR) is 149 cm³/mol. The van der Waals surface area contributed by atoms with Crippen molar-refractivity contribution in [1.82, 2.24) is 14.5 Å². The predicted octanol–water partition coefficient (Wildman–Crippen LogP) is 2.16. The number of nitrogens with two attached hydrogens (primary N) is 1. The molecule has 3 heterocycles. The minimum Gasteiger partial charge on any atom is -0.495 e. The molecule has 2 aromatic heterocycles. The van der Waals surface area contributed by atoms with E-state index in [1.807, 2.05) is 18.2 Å². The molecule has 1 amide bonds. The molecule has 3 aromatic rings. The maximum atomic E-state index is 14.9. The van der Waals surface area contributed by atoms with E-state index in [0.29, 0.717) is 35.9 Å². The van der Waals surface area contributed by atoms with Crippen LogP contribution >= 0.6 is 0 Å². The standard InChI is InChI=1S/C27H31FN6O4S/c1-4-19-21(7-6-13-30-23-11-10-18(39(3,36)37)15-25(23)38-2)32-34-24(19)8-5-9-26(34)31-22-12-14-33(17-20(22)28)27(35)16-29/h4-5,8-11,15,20,22,30-31H,1,12-14,16-17,29H2,2-3H3/t20-,22+/m0/s1. The van der Waals surface area contributed by atoms with Gasteiger partial charge in [-0.15, -0.1) is 0 Å². The van der Waals surface area contributed by atoms with Crippen molar-refractivity contribution in [3.8, 4) is 17.6 Å². The number of sulfone groups is 1. The van der Waals surface area contributed by atoms with Gasteiger partial charge in [0.15, 0.2) is 9.84 Å². The highest BCUT2D eigenvalue weighted by molar-refractivity contribution is 7.90. The number of hydrogen-bond donors (Lipinski definition) is 3. The van der Waals surface area contributed by atoms with Crippen LogP contribution < -0.4 is 21.1 Å². The number of hydrogen-bond acceptors (Lipinski definition) is 8. The van der Waals surface area contributed by atoms with Crippen LogP contribution in [0.2, 0.25) is 0 Å². The number of carbonyl (C=O) groups is 1. The summed E-state index contributed by atoms with van der Waals surface area (Å²) in [6, 6.07) is 9.63. The maximum Gasteiger partial charge on any atom is 0.236 e. The minimum atomic E-state index is -3.36. The lowest BCUT2D eigenvalue weighted by Gasteiger charge is -2.35. The lowest BCUT2D eigenvalue weighted by atomic mass is 10.0. The van der Waals surface area contributed by atoms with Crippen LogP contribution in [-0.2, 0) is 14.6 Å². The number of alkyl halides is 1. The number of halogens is 1. The van der Waals surface area contributed by atoms with E-state index >= 15 is 0 Å². The molecule has 1 aliphatic heterocycles. The van der Waals surface area contributed by atoms with Gasteiger partial charge in [-0.25, -0.2) is 17.3 Å². The first-order chi connectivity index (χ1) is 18.7. The quantitative estimate of drug-likeness (QED) is 0.361. The van der Waals surface area contributed by atoms with Crippen molar-refractivity contribution in [2.45, 2.75) is 23.5 Å². The number of carbonyl (C=O) groups excluding carboxylic acids is 1. The normalized spacial score (nSPS) is 17.3. The van der Waals surface area contributed by atoms with Gasteiger partial charge in [-0.05, 0) is 36.6 Å². The summed E-state index contributed by atoms with van der Waals surface area (Å²) in [7, 11) is -1.90. The molecular formula is C27H31FN6O4S. The van der Waals surface area contributed by atoms with Crippen LogP contribution in [0, 0.1) is 11.8 Å². The Morgan fingerprint density at radius 2 is 2.15 bits per heavy atom. The summed E-state index contributed by atoms with van der Waals surface area (Å²) in [4.78, 5) is 13.5. The fraction of sp³-hybridized carbons (Fsp3) is 0.333. The Morgan fingerprint density at radius 3 is 2.82 bits per heavy atom. The summed E-state index contributed by atoms with van der Waals surface area (Å²) in [6.07, 6.45) is 1.99. The van der Waals surface area contributed by atoms with Gasteiger partial charge in [0.2, 0.25) is 5.91 Å². The largest absolute Gasteiger partial charge is 0.495 e. The number of piperidine rings is 1. The van der Waals surface area contributed by atoms with E-state index in [1.165, 1.54) is 24.1 Å². The highest BCUT2D eigenvalue weighted by Crippen LogP contribution is 2.27. The zero-order valence-corrected chi connectivity index (χ0v) is 22.6. The second-order valence-electron chi connectivity index (χ2n) is 9.06. The lowest BCUT2D eigenvalue weighted by molar-refractivity contribution is -0.131. The fourth-order valence-corrected chi connectivity index (χ4v) is 5.06. The molecular weight excluding hydrogens is 523 g/mol. The van der Waals surface area contributed by atoms with E-state index in [9.17, 15) is 17.6 Å². The van der Waals surface area contributed by atoms with E-state index in [1.54, 1.807) is 16.7 Å². The Morgan fingerprint density at radius 1 is 1.36 bits per heavy atom. The number of methoxy groups -OCH3 is 1. The number of ether oxygens (including phenoxy) is 1. The molecule has 1 fully saturated rings. The average Bonchev–Trinajstić information content (AvgIpc) is 3.29. The third-order valence-corrected chi connectivity index (χ3v) is 7.59. The Balaban J connectivity index is 1.51. The fourth-order valence-electron chi connectivity index (χ4n) is 4.42. The van der Waals surface area contributed by atoms with Crippen molar-refractivity contribution in [2.75, 3.05) is 50.2 Å². The molecule has 0 saturated carbocycles. The topological polar surface area (TPSA) is 131 Å². The van der Waals surface area contributed by atoms with Crippen molar-refractivity contribution in [1.29, 1.82) is 0 Å². The Bertz CT molecular complexity index is 1560. The Labute approximate surface area is 226 Å². The van der Waals surface area contributed by atoms with Gasteiger partial charge in [0.05, 0.1) is 48.9 Å². The van der Waals surface area contributed by atoms with Crippen molar-refractivity contribution in [2.24, 2.45) is 5.73 Å². The first-order valence-electron chi connectivity index (χ1n) is 12.3. The molecule has 0 unspecified atom stereocenters. The molecule has 10 nitrogen and oxygen atoms in total. The Hall–Kier alpha value is -4.08. The van der Waals surface area contributed by atoms with Crippen molar-refractivity contribution < 1.29 is 22.3 Å². The zero-order chi connectivity index (χ0) is 28.2. The van der Waals surface area contributed by atoms with Crippen LogP contribution in [0.25, 0.3) is 11.6 Å². The molecule has 2 atom stereocenters.